The fourth-order valence-electron chi connectivity index (χ4n) is 3.21. The molecule has 0 aliphatic heterocycles. The molecule has 3 aromatic carbocycles. The minimum atomic E-state index is -3.94. The van der Waals surface area contributed by atoms with Crippen LogP contribution < -0.4 is 30.3 Å². The summed E-state index contributed by atoms with van der Waals surface area (Å²) in [4.78, 5) is 17.4. The lowest BCUT2D eigenvalue weighted by atomic mass is 10.2. The van der Waals surface area contributed by atoms with Crippen molar-refractivity contribution in [2.24, 2.45) is 0 Å². The van der Waals surface area contributed by atoms with Gasteiger partial charge in [-0.15, -0.1) is 0 Å². The van der Waals surface area contributed by atoms with Gasteiger partial charge in [-0.25, -0.2) is 4.98 Å². The first-order chi connectivity index (χ1) is 17.4. The van der Waals surface area contributed by atoms with E-state index in [9.17, 15) is 13.2 Å². The van der Waals surface area contributed by atoms with Crippen molar-refractivity contribution in [3.8, 4) is 5.75 Å². The van der Waals surface area contributed by atoms with Crippen molar-refractivity contribution >= 4 is 54.0 Å². The molecule has 0 atom stereocenters. The SMILES string of the molecule is COc1ccc2nc(NC(=O)c3ccc([I+](OS(=O)(=O)c4ccccc4)c4cccs4)cc3)sc2c1. The number of carbonyl (C=O) groups is 1. The summed E-state index contributed by atoms with van der Waals surface area (Å²) in [5.74, 6) is 0.419. The van der Waals surface area contributed by atoms with Crippen molar-refractivity contribution in [3.63, 3.8) is 0 Å². The highest BCUT2D eigenvalue weighted by Crippen LogP contribution is 2.29. The Morgan fingerprint density at radius 3 is 2.44 bits per heavy atom. The molecule has 1 radical (unpaired) electrons. The number of amides is 1. The second-order valence-corrected chi connectivity index (χ2v) is 16.4. The number of aromatic nitrogens is 1. The molecule has 2 aromatic heterocycles. The molecule has 0 aliphatic rings. The number of thiazole rings is 1. The van der Waals surface area contributed by atoms with Crippen LogP contribution in [0.25, 0.3) is 10.2 Å². The average Bonchev–Trinajstić information content (AvgIpc) is 3.57. The molecule has 0 saturated carbocycles. The fourth-order valence-corrected chi connectivity index (χ4v) is 13.1. The molecule has 0 unspecified atom stereocenters. The summed E-state index contributed by atoms with van der Waals surface area (Å²) in [5, 5.41) is 5.22. The molecule has 1 amide bonds. The topological polar surface area (TPSA) is 94.6 Å². The van der Waals surface area contributed by atoms with Crippen LogP contribution in [0.3, 0.4) is 0 Å². The number of nitrogens with zero attached hydrogens (tertiary/aromatic N) is 1. The highest BCUT2D eigenvalue weighted by molar-refractivity contribution is 7.86. The number of benzene rings is 3. The van der Waals surface area contributed by atoms with E-state index in [1.54, 1.807) is 49.6 Å². The second-order valence-electron chi connectivity index (χ2n) is 7.31. The molecule has 36 heavy (non-hydrogen) atoms. The lowest BCUT2D eigenvalue weighted by Gasteiger charge is -2.06. The highest BCUT2D eigenvalue weighted by Gasteiger charge is 2.38. The molecule has 2 heterocycles. The van der Waals surface area contributed by atoms with Gasteiger partial charge in [-0.05, 0) is 68.6 Å². The van der Waals surface area contributed by atoms with Crippen LogP contribution >= 0.6 is 22.7 Å². The van der Waals surface area contributed by atoms with Crippen molar-refractivity contribution in [1.82, 2.24) is 4.98 Å². The van der Waals surface area contributed by atoms with E-state index in [-0.39, 0.29) is 10.8 Å². The van der Waals surface area contributed by atoms with E-state index in [0.29, 0.717) is 10.7 Å². The Morgan fingerprint density at radius 2 is 1.75 bits per heavy atom. The number of methoxy groups -OCH3 is 1. The maximum absolute atomic E-state index is 12.9. The van der Waals surface area contributed by atoms with Crippen LogP contribution in [0.5, 0.6) is 5.75 Å². The van der Waals surface area contributed by atoms with E-state index >= 15 is 0 Å². The Hall–Kier alpha value is -2.84. The largest absolute Gasteiger partial charge is 0.497 e. The molecule has 0 aliphatic carbocycles. The molecule has 0 bridgehead atoms. The van der Waals surface area contributed by atoms with Crippen LogP contribution in [0.15, 0.2) is 95.2 Å². The van der Waals surface area contributed by atoms with Crippen molar-refractivity contribution in [2.45, 2.75) is 4.90 Å². The fraction of sp³-hybridized carbons (Fsp3) is 0.0400. The number of rotatable bonds is 8. The predicted octanol–water partition coefficient (Wildman–Crippen LogP) is 2.60. The van der Waals surface area contributed by atoms with Gasteiger partial charge in [0.05, 0.1) is 22.2 Å². The van der Waals surface area contributed by atoms with Gasteiger partial charge in [0.15, 0.2) is 8.70 Å². The van der Waals surface area contributed by atoms with Crippen molar-refractivity contribution in [3.05, 3.63) is 102 Å². The van der Waals surface area contributed by atoms with E-state index < -0.39 is 30.4 Å². The number of halogens is 1. The number of thiophene rings is 1. The third kappa shape index (κ3) is 5.44. The standard InChI is InChI=1S/C25H19IN2O5S3/c1-32-19-13-14-21-22(16-19)35-25(27-21)28-24(29)17-9-11-18(12-10-17)26(23-8-5-15-34-23)33-36(30,31)20-6-3-2-4-7-20/h2-16H,1H3,(H,27,28,29)/q+1. The van der Waals surface area contributed by atoms with E-state index in [0.717, 1.165) is 22.4 Å². The van der Waals surface area contributed by atoms with Gasteiger partial charge in [-0.3, -0.25) is 10.1 Å². The summed E-state index contributed by atoms with van der Waals surface area (Å²) in [6.07, 6.45) is 0. The minimum Gasteiger partial charge on any atom is -0.497 e. The first kappa shape index (κ1) is 24.8. The van der Waals surface area contributed by atoms with Crippen molar-refractivity contribution < 1.29 is 40.7 Å². The first-order valence-corrected chi connectivity index (χ1v) is 16.7. The van der Waals surface area contributed by atoms with Gasteiger partial charge in [0.2, 0.25) is 2.88 Å². The van der Waals surface area contributed by atoms with E-state index in [1.807, 2.05) is 35.7 Å². The molecule has 183 valence electrons. The molecule has 7 nitrogen and oxygen atoms in total. The number of carbonyl (C=O) groups excluding carboxylic acids is 1. The van der Waals surface area contributed by atoms with Gasteiger partial charge in [-0.1, -0.05) is 40.9 Å². The van der Waals surface area contributed by atoms with Crippen molar-refractivity contribution in [2.75, 3.05) is 12.4 Å². The van der Waals surface area contributed by atoms with Crippen LogP contribution in [0.1, 0.15) is 10.4 Å². The first-order valence-electron chi connectivity index (χ1n) is 10.5. The van der Waals surface area contributed by atoms with Crippen LogP contribution in [-0.4, -0.2) is 26.4 Å². The maximum Gasteiger partial charge on any atom is 0.336 e. The minimum absolute atomic E-state index is 0.119. The Kier molecular flexibility index (Phi) is 7.34. The van der Waals surface area contributed by atoms with Gasteiger partial charge in [0.25, 0.3) is 5.91 Å². The zero-order valence-corrected chi connectivity index (χ0v) is 23.4. The quantitative estimate of drug-likeness (QED) is 0.260. The normalized spacial score (nSPS) is 11.6. The Labute approximate surface area is 223 Å². The number of anilines is 1. The van der Waals surface area contributed by atoms with Crippen molar-refractivity contribution in [1.29, 1.82) is 0 Å². The summed E-state index contributed by atoms with van der Waals surface area (Å²) < 4.78 is 39.5. The molecular formula is C25H19IN2O5S3+. The number of nitrogens with one attached hydrogen (secondary N) is 1. The Balaban J connectivity index is 1.37. The summed E-state index contributed by atoms with van der Waals surface area (Å²) in [6, 6.07) is 24.3. The van der Waals surface area contributed by atoms with Gasteiger partial charge in [-0.2, -0.15) is 8.42 Å². The highest BCUT2D eigenvalue weighted by atomic mass is 127. The summed E-state index contributed by atoms with van der Waals surface area (Å²) in [6.45, 7) is 0. The molecule has 0 saturated heterocycles. The zero-order valence-electron chi connectivity index (χ0n) is 18.8. The van der Waals surface area contributed by atoms with Crippen LogP contribution in [0.4, 0.5) is 5.13 Å². The Bertz CT molecular complexity index is 1600. The van der Waals surface area contributed by atoms with Gasteiger partial charge < -0.3 is 4.74 Å². The lowest BCUT2D eigenvalue weighted by Crippen LogP contribution is -3.85. The zero-order chi connectivity index (χ0) is 25.1. The molecule has 0 spiro atoms. The predicted molar refractivity (Wildman–Crippen MR) is 137 cm³/mol. The van der Waals surface area contributed by atoms with Crippen LogP contribution in [0, 0.1) is 6.45 Å². The van der Waals surface area contributed by atoms with E-state index in [2.05, 4.69) is 10.3 Å². The molecular weight excluding hydrogens is 631 g/mol. The third-order valence-corrected chi connectivity index (χ3v) is 15.1. The van der Waals surface area contributed by atoms with Gasteiger partial charge in [0.1, 0.15) is 5.75 Å². The third-order valence-electron chi connectivity index (χ3n) is 4.95. The number of hydrogen-bond donors (Lipinski definition) is 1. The number of ether oxygens (including phenoxy) is 1. The second kappa shape index (κ2) is 10.6. The molecule has 5 rings (SSSR count). The molecule has 0 fully saturated rings. The average molecular weight is 651 g/mol. The van der Waals surface area contributed by atoms with Crippen LogP contribution in [-0.2, 0) is 12.6 Å². The Morgan fingerprint density at radius 1 is 0.972 bits per heavy atom. The van der Waals surface area contributed by atoms with Gasteiger partial charge >= 0.3 is 30.4 Å². The molecule has 11 heteroatoms. The smallest absolute Gasteiger partial charge is 0.336 e. The number of hydrogen-bond acceptors (Lipinski definition) is 8. The van der Waals surface area contributed by atoms with Crippen LogP contribution in [0.2, 0.25) is 0 Å². The maximum atomic E-state index is 12.9. The molecule has 1 N–H and O–H groups in total. The van der Waals surface area contributed by atoms with E-state index in [1.165, 1.54) is 34.8 Å². The molecule has 5 aromatic rings. The lowest BCUT2D eigenvalue weighted by molar-refractivity contribution is -1.02. The van der Waals surface area contributed by atoms with E-state index in [4.69, 9.17) is 7.25 Å². The number of fused-ring (bicyclic) bond motifs is 1. The summed E-state index contributed by atoms with van der Waals surface area (Å²) in [7, 11) is -2.34. The monoisotopic (exact) mass is 650 g/mol. The van der Waals surface area contributed by atoms with Gasteiger partial charge in [0, 0.05) is 11.6 Å². The summed E-state index contributed by atoms with van der Waals surface area (Å²) in [5.41, 5.74) is 1.21. The summed E-state index contributed by atoms with van der Waals surface area (Å²) >= 11 is 0.0337.